The molecular weight excluding hydrogens is 679 g/mol. The molecule has 10 aromatic carbocycles. The van der Waals surface area contributed by atoms with Gasteiger partial charge in [-0.05, 0) is 91.1 Å². The van der Waals surface area contributed by atoms with E-state index >= 15 is 0 Å². The summed E-state index contributed by atoms with van der Waals surface area (Å²) in [5, 5.41) is 9.47. The number of hydrogen-bond acceptors (Lipinski definition) is 2. The molecule has 0 aliphatic carbocycles. The summed E-state index contributed by atoms with van der Waals surface area (Å²) < 4.78 is 6.89. The van der Waals surface area contributed by atoms with E-state index in [1.807, 2.05) is 0 Å². The first kappa shape index (κ1) is 32.0. The van der Waals surface area contributed by atoms with Crippen molar-refractivity contribution < 1.29 is 4.42 Å². The third-order valence-electron chi connectivity index (χ3n) is 11.3. The largest absolute Gasteiger partial charge is 0.455 e. The number of para-hydroxylation sites is 1. The molecule has 0 aliphatic rings. The number of furan rings is 1. The Morgan fingerprint density at radius 2 is 0.875 bits per heavy atom. The van der Waals surface area contributed by atoms with Crippen LogP contribution >= 0.6 is 0 Å². The van der Waals surface area contributed by atoms with E-state index in [2.05, 4.69) is 217 Å². The van der Waals surface area contributed by atoms with Crippen LogP contribution in [-0.2, 0) is 0 Å². The number of fused-ring (bicyclic) bond motifs is 7. The molecule has 1 aromatic heterocycles. The maximum atomic E-state index is 6.89. The van der Waals surface area contributed by atoms with Gasteiger partial charge in [0, 0.05) is 22.0 Å². The highest BCUT2D eigenvalue weighted by molar-refractivity contribution is 6.20. The lowest BCUT2D eigenvalue weighted by molar-refractivity contribution is 0.670. The van der Waals surface area contributed by atoms with Crippen LogP contribution in [0.5, 0.6) is 0 Å². The van der Waals surface area contributed by atoms with Crippen LogP contribution in [0.4, 0.5) is 17.1 Å². The Balaban J connectivity index is 1.14. The van der Waals surface area contributed by atoms with Crippen molar-refractivity contribution in [3.8, 4) is 33.4 Å². The standard InChI is InChI=1S/C54H35NO/c1-2-12-36(13-3-1)37-24-26-38(27-25-37)39-28-31-42(32-29-39)55(50-22-11-21-45-44-18-7-5-15-41(44)30-33-47(45)50)51-35-34-48(46-20-10-16-40-14-4-6-17-43(40)46)54-53(51)49-19-8-9-23-52(49)56-54/h1-35H. The summed E-state index contributed by atoms with van der Waals surface area (Å²) in [4.78, 5) is 2.43. The van der Waals surface area contributed by atoms with Gasteiger partial charge in [0.2, 0.25) is 0 Å². The van der Waals surface area contributed by atoms with Gasteiger partial charge in [-0.3, -0.25) is 0 Å². The average Bonchev–Trinajstić information content (AvgIpc) is 3.67. The minimum atomic E-state index is 0.870. The van der Waals surface area contributed by atoms with Crippen molar-refractivity contribution in [3.05, 3.63) is 212 Å². The molecule has 0 spiro atoms. The zero-order valence-electron chi connectivity index (χ0n) is 30.6. The molecule has 0 N–H and O–H groups in total. The Morgan fingerprint density at radius 3 is 1.64 bits per heavy atom. The number of anilines is 3. The van der Waals surface area contributed by atoms with E-state index in [-0.39, 0.29) is 0 Å². The van der Waals surface area contributed by atoms with E-state index in [0.29, 0.717) is 0 Å². The van der Waals surface area contributed by atoms with Gasteiger partial charge in [-0.25, -0.2) is 0 Å². The fraction of sp³-hybridized carbons (Fsp3) is 0. The molecular formula is C54H35NO. The molecule has 1 heterocycles. The second kappa shape index (κ2) is 13.2. The molecule has 0 atom stereocenters. The molecule has 0 fully saturated rings. The van der Waals surface area contributed by atoms with Crippen molar-refractivity contribution in [3.63, 3.8) is 0 Å². The summed E-state index contributed by atoms with van der Waals surface area (Å²) in [6.07, 6.45) is 0. The third kappa shape index (κ3) is 5.26. The number of hydrogen-bond donors (Lipinski definition) is 0. The van der Waals surface area contributed by atoms with Crippen molar-refractivity contribution in [2.24, 2.45) is 0 Å². The summed E-state index contributed by atoms with van der Waals surface area (Å²) in [5.41, 5.74) is 12.0. The summed E-state index contributed by atoms with van der Waals surface area (Å²) in [6, 6.07) is 76.4. The van der Waals surface area contributed by atoms with E-state index in [4.69, 9.17) is 4.42 Å². The van der Waals surface area contributed by atoms with E-state index in [9.17, 15) is 0 Å². The van der Waals surface area contributed by atoms with Gasteiger partial charge in [0.05, 0.1) is 16.8 Å². The van der Waals surface area contributed by atoms with Crippen LogP contribution in [-0.4, -0.2) is 0 Å². The van der Waals surface area contributed by atoms with Crippen molar-refractivity contribution in [1.29, 1.82) is 0 Å². The highest BCUT2D eigenvalue weighted by Crippen LogP contribution is 2.48. The molecule has 11 aromatic rings. The van der Waals surface area contributed by atoms with Crippen LogP contribution in [0.2, 0.25) is 0 Å². The number of nitrogens with zero attached hydrogens (tertiary/aromatic N) is 1. The molecule has 262 valence electrons. The Morgan fingerprint density at radius 1 is 0.304 bits per heavy atom. The Labute approximate surface area is 325 Å². The van der Waals surface area contributed by atoms with Crippen molar-refractivity contribution in [1.82, 2.24) is 0 Å². The lowest BCUT2D eigenvalue weighted by Crippen LogP contribution is -2.11. The van der Waals surface area contributed by atoms with Crippen molar-refractivity contribution in [2.45, 2.75) is 0 Å². The van der Waals surface area contributed by atoms with E-state index < -0.39 is 0 Å². The smallest absolute Gasteiger partial charge is 0.145 e. The van der Waals surface area contributed by atoms with Crippen molar-refractivity contribution >= 4 is 71.3 Å². The first-order chi connectivity index (χ1) is 27.8. The van der Waals surface area contributed by atoms with Gasteiger partial charge in [-0.1, -0.05) is 176 Å². The molecule has 0 radical (unpaired) electrons. The topological polar surface area (TPSA) is 16.4 Å². The van der Waals surface area contributed by atoms with Gasteiger partial charge in [0.25, 0.3) is 0 Å². The predicted molar refractivity (Wildman–Crippen MR) is 237 cm³/mol. The molecule has 0 bridgehead atoms. The molecule has 0 unspecified atom stereocenters. The number of benzene rings is 10. The first-order valence-corrected chi connectivity index (χ1v) is 19.2. The van der Waals surface area contributed by atoms with E-state index in [1.165, 1.54) is 54.6 Å². The molecule has 11 rings (SSSR count). The molecule has 0 saturated carbocycles. The number of rotatable bonds is 6. The zero-order valence-corrected chi connectivity index (χ0v) is 30.6. The van der Waals surface area contributed by atoms with E-state index in [1.54, 1.807) is 0 Å². The van der Waals surface area contributed by atoms with Gasteiger partial charge < -0.3 is 9.32 Å². The van der Waals surface area contributed by atoms with Gasteiger partial charge in [-0.15, -0.1) is 0 Å². The Kier molecular flexibility index (Phi) is 7.53. The minimum absolute atomic E-state index is 0.870. The van der Waals surface area contributed by atoms with Crippen LogP contribution in [0.25, 0.3) is 87.6 Å². The van der Waals surface area contributed by atoms with Crippen LogP contribution in [0, 0.1) is 0 Å². The maximum Gasteiger partial charge on any atom is 0.145 e. The molecule has 2 nitrogen and oxygen atoms in total. The molecule has 56 heavy (non-hydrogen) atoms. The van der Waals surface area contributed by atoms with Crippen LogP contribution < -0.4 is 4.90 Å². The summed E-state index contributed by atoms with van der Waals surface area (Å²) >= 11 is 0. The highest BCUT2D eigenvalue weighted by Gasteiger charge is 2.24. The molecule has 0 saturated heterocycles. The van der Waals surface area contributed by atoms with Gasteiger partial charge in [0.1, 0.15) is 11.2 Å². The Hall–Kier alpha value is -7.42. The molecule has 2 heteroatoms. The monoisotopic (exact) mass is 713 g/mol. The second-order valence-electron chi connectivity index (χ2n) is 14.4. The summed E-state index contributed by atoms with van der Waals surface area (Å²) in [5.74, 6) is 0. The minimum Gasteiger partial charge on any atom is -0.455 e. The van der Waals surface area contributed by atoms with Crippen LogP contribution in [0.3, 0.4) is 0 Å². The molecule has 0 aliphatic heterocycles. The van der Waals surface area contributed by atoms with E-state index in [0.717, 1.165) is 50.1 Å². The Bertz CT molecular complexity index is 3230. The average molecular weight is 714 g/mol. The maximum absolute atomic E-state index is 6.89. The third-order valence-corrected chi connectivity index (χ3v) is 11.3. The first-order valence-electron chi connectivity index (χ1n) is 19.2. The fourth-order valence-electron chi connectivity index (χ4n) is 8.58. The fourth-order valence-corrected chi connectivity index (χ4v) is 8.58. The summed E-state index contributed by atoms with van der Waals surface area (Å²) in [7, 11) is 0. The highest BCUT2D eigenvalue weighted by atomic mass is 16.3. The SMILES string of the molecule is c1ccc(-c2ccc(-c3ccc(N(c4cccc5c4ccc4ccccc45)c4ccc(-c5cccc6ccccc56)c5oc6ccccc6c45)cc3)cc2)cc1. The molecule has 0 amide bonds. The normalized spacial score (nSPS) is 11.6. The lowest BCUT2D eigenvalue weighted by Gasteiger charge is -2.28. The summed E-state index contributed by atoms with van der Waals surface area (Å²) in [6.45, 7) is 0. The second-order valence-corrected chi connectivity index (χ2v) is 14.4. The van der Waals surface area contributed by atoms with Crippen LogP contribution in [0.1, 0.15) is 0 Å². The predicted octanol–water partition coefficient (Wildman–Crippen LogP) is 15.5. The van der Waals surface area contributed by atoms with Gasteiger partial charge >= 0.3 is 0 Å². The zero-order chi connectivity index (χ0) is 37.0. The van der Waals surface area contributed by atoms with Crippen molar-refractivity contribution in [2.75, 3.05) is 4.90 Å². The van der Waals surface area contributed by atoms with Gasteiger partial charge in [0.15, 0.2) is 0 Å². The quantitative estimate of drug-likeness (QED) is 0.160. The lowest BCUT2D eigenvalue weighted by atomic mass is 9.95. The van der Waals surface area contributed by atoms with Crippen LogP contribution in [0.15, 0.2) is 217 Å². The van der Waals surface area contributed by atoms with Gasteiger partial charge in [-0.2, -0.15) is 0 Å².